The molecule has 9 nitrogen and oxygen atoms in total. The molecule has 0 saturated carbocycles. The van der Waals surface area contributed by atoms with Crippen LogP contribution in [0.5, 0.6) is 5.75 Å². The molecule has 254 valence electrons. The fraction of sp³-hybridized carbons (Fsp3) is 0.649. The first kappa shape index (κ1) is 34.6. The average molecular weight is 638 g/mol. The van der Waals surface area contributed by atoms with Crippen LogP contribution in [0.4, 0.5) is 5.69 Å². The summed E-state index contributed by atoms with van der Waals surface area (Å²) in [5.74, 6) is 1.71. The van der Waals surface area contributed by atoms with Crippen LogP contribution in [0, 0.1) is 5.92 Å². The Balaban J connectivity index is 1.27. The minimum absolute atomic E-state index is 0.0140. The number of anilines is 1. The molecule has 0 aliphatic carbocycles. The van der Waals surface area contributed by atoms with Gasteiger partial charge in [0.1, 0.15) is 12.4 Å². The third kappa shape index (κ3) is 9.67. The molecule has 46 heavy (non-hydrogen) atoms. The highest BCUT2D eigenvalue weighted by Gasteiger charge is 2.36. The number of nitrogens with one attached hydrogen (secondary N) is 1. The van der Waals surface area contributed by atoms with Crippen molar-refractivity contribution >= 4 is 11.6 Å². The summed E-state index contributed by atoms with van der Waals surface area (Å²) in [4.78, 5) is 17.4. The molecule has 3 aliphatic rings. The summed E-state index contributed by atoms with van der Waals surface area (Å²) in [6.45, 7) is 13.1. The van der Waals surface area contributed by atoms with Gasteiger partial charge in [0.05, 0.1) is 44.3 Å². The van der Waals surface area contributed by atoms with Gasteiger partial charge in [0.2, 0.25) is 5.91 Å². The Morgan fingerprint density at radius 2 is 1.85 bits per heavy atom. The maximum Gasteiger partial charge on any atom is 0.222 e. The lowest BCUT2D eigenvalue weighted by atomic mass is 9.76. The van der Waals surface area contributed by atoms with Crippen molar-refractivity contribution in [1.29, 1.82) is 0 Å². The number of benzene rings is 2. The summed E-state index contributed by atoms with van der Waals surface area (Å²) in [6, 6.07) is 15.2. The van der Waals surface area contributed by atoms with Crippen molar-refractivity contribution in [2.75, 3.05) is 77.7 Å². The van der Waals surface area contributed by atoms with Gasteiger partial charge in [-0.25, -0.2) is 0 Å². The molecular formula is C37H55N3O6. The van der Waals surface area contributed by atoms with E-state index in [1.54, 1.807) is 7.11 Å². The predicted octanol–water partition coefficient (Wildman–Crippen LogP) is 5.15. The van der Waals surface area contributed by atoms with E-state index in [2.05, 4.69) is 52.7 Å². The fourth-order valence-electron chi connectivity index (χ4n) is 7.09. The fourth-order valence-corrected chi connectivity index (χ4v) is 7.09. The van der Waals surface area contributed by atoms with Gasteiger partial charge in [0, 0.05) is 58.8 Å². The molecule has 4 atom stereocenters. The molecule has 1 amide bonds. The lowest BCUT2D eigenvalue weighted by Gasteiger charge is -2.39. The van der Waals surface area contributed by atoms with Crippen molar-refractivity contribution in [1.82, 2.24) is 10.2 Å². The van der Waals surface area contributed by atoms with E-state index in [1.807, 2.05) is 18.7 Å². The highest BCUT2D eigenvalue weighted by molar-refractivity contribution is 5.76. The van der Waals surface area contributed by atoms with Crippen LogP contribution in [0.2, 0.25) is 0 Å². The van der Waals surface area contributed by atoms with E-state index in [9.17, 15) is 4.79 Å². The van der Waals surface area contributed by atoms with Crippen LogP contribution in [0.15, 0.2) is 42.5 Å². The second-order valence-corrected chi connectivity index (χ2v) is 12.9. The number of amides is 1. The molecule has 0 aromatic heterocycles. The van der Waals surface area contributed by atoms with Crippen LogP contribution >= 0.6 is 0 Å². The smallest absolute Gasteiger partial charge is 0.222 e. The molecule has 3 heterocycles. The molecule has 0 radical (unpaired) electrons. The second kappa shape index (κ2) is 18.0. The van der Waals surface area contributed by atoms with Crippen molar-refractivity contribution in [3.63, 3.8) is 0 Å². The van der Waals surface area contributed by atoms with E-state index in [1.165, 1.54) is 5.56 Å². The first-order valence-corrected chi connectivity index (χ1v) is 17.4. The number of likely N-dealkylation sites (tertiary alicyclic amines) is 1. The maximum atomic E-state index is 13.0. The lowest BCUT2D eigenvalue weighted by molar-refractivity contribution is -0.130. The van der Waals surface area contributed by atoms with Gasteiger partial charge < -0.3 is 38.8 Å². The summed E-state index contributed by atoms with van der Waals surface area (Å²) in [7, 11) is 1.75. The first-order valence-electron chi connectivity index (χ1n) is 17.4. The van der Waals surface area contributed by atoms with Gasteiger partial charge in [0.25, 0.3) is 0 Å². The van der Waals surface area contributed by atoms with E-state index < -0.39 is 0 Å². The van der Waals surface area contributed by atoms with Crippen LogP contribution in [-0.2, 0) is 37.0 Å². The average Bonchev–Trinajstić information content (AvgIpc) is 3.63. The molecule has 0 spiro atoms. The normalized spacial score (nSPS) is 22.0. The molecule has 2 saturated heterocycles. The largest absolute Gasteiger partial charge is 0.490 e. The van der Waals surface area contributed by atoms with Gasteiger partial charge >= 0.3 is 0 Å². The van der Waals surface area contributed by atoms with Gasteiger partial charge in [-0.1, -0.05) is 30.3 Å². The number of carbonyl (C=O) groups is 1. The number of carbonyl (C=O) groups excluding carboxylic acids is 1. The summed E-state index contributed by atoms with van der Waals surface area (Å²) in [5.41, 5.74) is 4.68. The summed E-state index contributed by atoms with van der Waals surface area (Å²) in [6.07, 6.45) is 4.72. The van der Waals surface area contributed by atoms with Gasteiger partial charge in [-0.05, 0) is 80.8 Å². The molecule has 3 aliphatic heterocycles. The van der Waals surface area contributed by atoms with Gasteiger partial charge in [-0.2, -0.15) is 0 Å². The zero-order chi connectivity index (χ0) is 32.1. The van der Waals surface area contributed by atoms with Gasteiger partial charge in [-0.15, -0.1) is 0 Å². The first-order chi connectivity index (χ1) is 22.6. The van der Waals surface area contributed by atoms with Crippen LogP contribution in [0.25, 0.3) is 0 Å². The SMILES string of the molecule is CCOC(C)COCc1ccc([C@H]2[C@H](CCC(=O)N3CCCC3)CNC[C@@H]2OCc2ccc3c(c2)N(CCCOC)CCO3)cc1. The number of nitrogens with zero attached hydrogens (tertiary/aromatic N) is 2. The predicted molar refractivity (Wildman–Crippen MR) is 181 cm³/mol. The van der Waals surface area contributed by atoms with Crippen molar-refractivity contribution in [3.8, 4) is 5.75 Å². The quantitative estimate of drug-likeness (QED) is 0.239. The molecule has 9 heteroatoms. The summed E-state index contributed by atoms with van der Waals surface area (Å²) >= 11 is 0. The molecule has 2 fully saturated rings. The number of fused-ring (bicyclic) bond motifs is 1. The number of hydrogen-bond acceptors (Lipinski definition) is 8. The van der Waals surface area contributed by atoms with E-state index in [0.29, 0.717) is 51.3 Å². The molecule has 5 rings (SSSR count). The highest BCUT2D eigenvalue weighted by Crippen LogP contribution is 2.37. The Kier molecular flexibility index (Phi) is 13.6. The van der Waals surface area contributed by atoms with E-state index in [-0.39, 0.29) is 18.1 Å². The molecule has 2 aromatic rings. The summed E-state index contributed by atoms with van der Waals surface area (Å²) < 4.78 is 29.5. The van der Waals surface area contributed by atoms with Crippen molar-refractivity contribution in [2.24, 2.45) is 5.92 Å². The number of rotatable bonds is 17. The molecule has 1 N–H and O–H groups in total. The molecule has 1 unspecified atom stereocenters. The van der Waals surface area contributed by atoms with Crippen molar-refractivity contribution in [3.05, 3.63) is 59.2 Å². The highest BCUT2D eigenvalue weighted by atomic mass is 16.5. The number of methoxy groups -OCH3 is 1. The Morgan fingerprint density at radius 3 is 2.63 bits per heavy atom. The van der Waals surface area contributed by atoms with Crippen LogP contribution in [0.3, 0.4) is 0 Å². The topological polar surface area (TPSA) is 81.7 Å². The lowest BCUT2D eigenvalue weighted by Crippen LogP contribution is -2.47. The van der Waals surface area contributed by atoms with E-state index in [0.717, 1.165) is 94.1 Å². The minimum Gasteiger partial charge on any atom is -0.490 e. The van der Waals surface area contributed by atoms with Crippen LogP contribution in [0.1, 0.15) is 68.6 Å². The van der Waals surface area contributed by atoms with Crippen molar-refractivity contribution in [2.45, 2.75) is 77.3 Å². The summed E-state index contributed by atoms with van der Waals surface area (Å²) in [5, 5.41) is 3.64. The number of hydrogen-bond donors (Lipinski definition) is 1. The number of piperidine rings is 1. The Labute approximate surface area is 275 Å². The van der Waals surface area contributed by atoms with E-state index in [4.69, 9.17) is 23.7 Å². The van der Waals surface area contributed by atoms with Crippen LogP contribution in [-0.4, -0.2) is 95.8 Å². The number of ether oxygens (including phenoxy) is 5. The van der Waals surface area contributed by atoms with E-state index >= 15 is 0 Å². The molecular weight excluding hydrogens is 582 g/mol. The van der Waals surface area contributed by atoms with Gasteiger partial charge in [0.15, 0.2) is 0 Å². The molecule has 2 aromatic carbocycles. The zero-order valence-electron chi connectivity index (χ0n) is 28.2. The van der Waals surface area contributed by atoms with Crippen LogP contribution < -0.4 is 15.0 Å². The Bertz CT molecular complexity index is 1200. The zero-order valence-corrected chi connectivity index (χ0v) is 28.2. The minimum atomic E-state index is -0.0140. The Hall–Kier alpha value is -2.69. The second-order valence-electron chi connectivity index (χ2n) is 12.9. The third-order valence-electron chi connectivity index (χ3n) is 9.51. The van der Waals surface area contributed by atoms with Crippen molar-refractivity contribution < 1.29 is 28.5 Å². The maximum absolute atomic E-state index is 13.0. The van der Waals surface area contributed by atoms with Gasteiger partial charge in [-0.3, -0.25) is 4.79 Å². The third-order valence-corrected chi connectivity index (χ3v) is 9.51. The Morgan fingerprint density at radius 1 is 1.04 bits per heavy atom. The monoisotopic (exact) mass is 637 g/mol. The molecule has 0 bridgehead atoms. The standard InChI is InChI=1S/C37H55N3O6/c1-4-44-28(2)25-43-26-29-8-11-31(12-9-29)37-32(13-15-36(41)40-16-5-6-17-40)23-38-24-35(37)46-27-30-10-14-34-33(22-30)39(19-21-45-34)18-7-20-42-3/h8-12,14,22,28,32,35,37-38H,4-7,13,15-21,23-27H2,1-3H3/t28?,32-,35+,37+/m1/s1.